The Bertz CT molecular complexity index is 735. The lowest BCUT2D eigenvalue weighted by molar-refractivity contribution is 0.00578. The van der Waals surface area contributed by atoms with Crippen LogP contribution < -0.4 is 14.9 Å². The quantitative estimate of drug-likeness (QED) is 0.757. The fourth-order valence-electron chi connectivity index (χ4n) is 2.50. The van der Waals surface area contributed by atoms with Crippen LogP contribution in [-0.2, 0) is 19.3 Å². The number of rotatable bonds is 6. The average Bonchev–Trinajstić information content (AvgIpc) is 2.66. The minimum absolute atomic E-state index is 0.00842. The Kier molecular flexibility index (Phi) is 5.69. The first-order valence-corrected chi connectivity index (χ1v) is 10.2. The zero-order valence-electron chi connectivity index (χ0n) is 15.5. The molecule has 140 valence electrons. The summed E-state index contributed by atoms with van der Waals surface area (Å²) in [6.07, 6.45) is 0.502. The van der Waals surface area contributed by atoms with Crippen LogP contribution >= 0.6 is 11.6 Å². The SMILES string of the molecule is CCCS(=O)(=O)Nc1cc(B2OC(C)(C)C(C)(C)O2)cc(Cl)c1OC. The Balaban J connectivity index is 2.42. The van der Waals surface area contributed by atoms with Gasteiger partial charge >= 0.3 is 7.12 Å². The van der Waals surface area contributed by atoms with Gasteiger partial charge in [-0.05, 0) is 51.7 Å². The minimum atomic E-state index is -3.49. The molecule has 0 radical (unpaired) electrons. The number of anilines is 1. The zero-order chi connectivity index (χ0) is 19.0. The molecule has 0 bridgehead atoms. The van der Waals surface area contributed by atoms with Crippen molar-refractivity contribution in [3.8, 4) is 5.75 Å². The van der Waals surface area contributed by atoms with E-state index in [0.29, 0.717) is 11.9 Å². The molecule has 1 fully saturated rings. The molecule has 0 spiro atoms. The summed E-state index contributed by atoms with van der Waals surface area (Å²) in [5.41, 5.74) is -0.121. The zero-order valence-corrected chi connectivity index (χ0v) is 17.0. The number of ether oxygens (including phenoxy) is 1. The molecule has 0 aliphatic carbocycles. The minimum Gasteiger partial charge on any atom is -0.493 e. The molecule has 6 nitrogen and oxygen atoms in total. The van der Waals surface area contributed by atoms with Crippen LogP contribution in [0.3, 0.4) is 0 Å². The van der Waals surface area contributed by atoms with E-state index in [9.17, 15) is 8.42 Å². The number of hydrogen-bond donors (Lipinski definition) is 1. The van der Waals surface area contributed by atoms with Gasteiger partial charge in [0.05, 0.1) is 34.8 Å². The highest BCUT2D eigenvalue weighted by atomic mass is 35.5. The normalized spacial score (nSPS) is 19.1. The van der Waals surface area contributed by atoms with Crippen LogP contribution in [0.4, 0.5) is 5.69 Å². The number of sulfonamides is 1. The van der Waals surface area contributed by atoms with Crippen LogP contribution in [0.1, 0.15) is 41.0 Å². The van der Waals surface area contributed by atoms with Gasteiger partial charge in [-0.15, -0.1) is 0 Å². The van der Waals surface area contributed by atoms with Crippen molar-refractivity contribution in [2.24, 2.45) is 0 Å². The Hall–Kier alpha value is -0.955. The molecule has 1 aliphatic rings. The van der Waals surface area contributed by atoms with Gasteiger partial charge in [0, 0.05) is 0 Å². The molecule has 0 aromatic heterocycles. The van der Waals surface area contributed by atoms with Crippen molar-refractivity contribution in [3.63, 3.8) is 0 Å². The Morgan fingerprint density at radius 3 is 2.24 bits per heavy atom. The van der Waals surface area contributed by atoms with Crippen molar-refractivity contribution in [2.75, 3.05) is 17.6 Å². The maximum absolute atomic E-state index is 12.1. The third-order valence-corrected chi connectivity index (χ3v) is 6.29. The summed E-state index contributed by atoms with van der Waals surface area (Å²) in [5, 5.41) is 0.281. The molecule has 0 saturated carbocycles. The third kappa shape index (κ3) is 4.24. The van der Waals surface area contributed by atoms with Gasteiger partial charge in [0.15, 0.2) is 5.75 Å². The second kappa shape index (κ2) is 6.98. The van der Waals surface area contributed by atoms with Crippen LogP contribution in [0.2, 0.25) is 5.02 Å². The predicted molar refractivity (Wildman–Crippen MR) is 101 cm³/mol. The molecular weight excluding hydrogens is 365 g/mol. The Morgan fingerprint density at radius 2 is 1.76 bits per heavy atom. The van der Waals surface area contributed by atoms with E-state index < -0.39 is 28.3 Å². The van der Waals surface area contributed by atoms with Crippen molar-refractivity contribution < 1.29 is 22.5 Å². The topological polar surface area (TPSA) is 73.9 Å². The summed E-state index contributed by atoms with van der Waals surface area (Å²) in [6, 6.07) is 3.31. The summed E-state index contributed by atoms with van der Waals surface area (Å²) < 4.78 is 44.1. The molecule has 2 rings (SSSR count). The van der Waals surface area contributed by atoms with Crippen molar-refractivity contribution in [2.45, 2.75) is 52.2 Å². The van der Waals surface area contributed by atoms with Crippen LogP contribution in [0, 0.1) is 0 Å². The smallest absolute Gasteiger partial charge is 0.493 e. The summed E-state index contributed by atoms with van der Waals surface area (Å²) in [4.78, 5) is 0. The average molecular weight is 390 g/mol. The number of hydrogen-bond acceptors (Lipinski definition) is 5. The number of nitrogens with one attached hydrogen (secondary N) is 1. The lowest BCUT2D eigenvalue weighted by Crippen LogP contribution is -2.41. The molecule has 0 atom stereocenters. The maximum atomic E-state index is 12.1. The summed E-state index contributed by atoms with van der Waals surface area (Å²) in [7, 11) is -2.70. The highest BCUT2D eigenvalue weighted by Gasteiger charge is 2.52. The summed E-state index contributed by atoms with van der Waals surface area (Å²) in [5.74, 6) is 0.274. The van der Waals surface area contributed by atoms with E-state index in [1.54, 1.807) is 19.1 Å². The van der Waals surface area contributed by atoms with Gasteiger partial charge in [-0.3, -0.25) is 4.72 Å². The number of methoxy groups -OCH3 is 1. The predicted octanol–water partition coefficient (Wildman–Crippen LogP) is 2.80. The number of halogens is 1. The molecule has 25 heavy (non-hydrogen) atoms. The van der Waals surface area contributed by atoms with Crippen LogP contribution in [0.5, 0.6) is 5.75 Å². The van der Waals surface area contributed by atoms with Gasteiger partial charge in [-0.25, -0.2) is 8.42 Å². The van der Waals surface area contributed by atoms with E-state index in [1.807, 2.05) is 27.7 Å². The fourth-order valence-corrected chi connectivity index (χ4v) is 3.93. The molecular formula is C16H25BClNO5S. The van der Waals surface area contributed by atoms with E-state index >= 15 is 0 Å². The molecule has 1 aliphatic heterocycles. The van der Waals surface area contributed by atoms with Gasteiger partial charge in [-0.2, -0.15) is 0 Å². The summed E-state index contributed by atoms with van der Waals surface area (Å²) in [6.45, 7) is 9.59. The van der Waals surface area contributed by atoms with Gasteiger partial charge in [0.1, 0.15) is 0 Å². The summed E-state index contributed by atoms with van der Waals surface area (Å²) >= 11 is 6.29. The van der Waals surface area contributed by atoms with Gasteiger partial charge in [0.2, 0.25) is 10.0 Å². The first-order chi connectivity index (χ1) is 11.4. The van der Waals surface area contributed by atoms with Crippen LogP contribution in [0.25, 0.3) is 0 Å². The van der Waals surface area contributed by atoms with E-state index in [0.717, 1.165) is 0 Å². The first-order valence-electron chi connectivity index (χ1n) is 8.16. The molecule has 0 unspecified atom stereocenters. The second-order valence-electron chi connectivity index (χ2n) is 7.09. The van der Waals surface area contributed by atoms with Crippen LogP contribution in [-0.4, -0.2) is 39.6 Å². The standard InChI is InChI=1S/C16H25BClNO5S/c1-7-8-25(20,21)19-13-10-11(9-12(18)14(13)22-6)17-23-15(2,3)16(4,5)24-17/h9-10,19H,7-8H2,1-6H3. The lowest BCUT2D eigenvalue weighted by Gasteiger charge is -2.32. The molecule has 1 heterocycles. The molecule has 1 N–H and O–H groups in total. The highest BCUT2D eigenvalue weighted by Crippen LogP contribution is 2.38. The van der Waals surface area contributed by atoms with Crippen LogP contribution in [0.15, 0.2) is 12.1 Å². The molecule has 9 heteroatoms. The number of benzene rings is 1. The lowest BCUT2D eigenvalue weighted by atomic mass is 9.79. The van der Waals surface area contributed by atoms with Crippen molar-refractivity contribution in [3.05, 3.63) is 17.2 Å². The van der Waals surface area contributed by atoms with E-state index in [-0.39, 0.29) is 22.2 Å². The molecule has 0 amide bonds. The van der Waals surface area contributed by atoms with Gasteiger partial charge in [-0.1, -0.05) is 18.5 Å². The van der Waals surface area contributed by atoms with E-state index in [1.165, 1.54) is 7.11 Å². The van der Waals surface area contributed by atoms with E-state index in [4.69, 9.17) is 25.6 Å². The molecule has 1 aromatic carbocycles. The van der Waals surface area contributed by atoms with Crippen molar-refractivity contribution >= 4 is 39.9 Å². The third-order valence-electron chi connectivity index (χ3n) is 4.53. The second-order valence-corrected chi connectivity index (χ2v) is 9.34. The fraction of sp³-hybridized carbons (Fsp3) is 0.625. The monoisotopic (exact) mass is 389 g/mol. The molecule has 1 aromatic rings. The van der Waals surface area contributed by atoms with Crippen molar-refractivity contribution in [1.29, 1.82) is 0 Å². The molecule has 1 saturated heterocycles. The highest BCUT2D eigenvalue weighted by molar-refractivity contribution is 7.92. The van der Waals surface area contributed by atoms with E-state index in [2.05, 4.69) is 4.72 Å². The largest absolute Gasteiger partial charge is 0.494 e. The Morgan fingerprint density at radius 1 is 1.20 bits per heavy atom. The first kappa shape index (κ1) is 20.4. The van der Waals surface area contributed by atoms with Crippen molar-refractivity contribution in [1.82, 2.24) is 0 Å². The van der Waals surface area contributed by atoms with Gasteiger partial charge in [0.25, 0.3) is 0 Å². The van der Waals surface area contributed by atoms with Gasteiger partial charge < -0.3 is 14.0 Å². The Labute approximate surface area is 155 Å². The maximum Gasteiger partial charge on any atom is 0.494 e.